The number of para-hydroxylation sites is 1. The van der Waals surface area contributed by atoms with E-state index in [1.165, 1.54) is 0 Å². The summed E-state index contributed by atoms with van der Waals surface area (Å²) in [5.41, 5.74) is 0.174. The molecule has 1 aliphatic heterocycles. The van der Waals surface area contributed by atoms with Gasteiger partial charge in [-0.3, -0.25) is 19.0 Å². The van der Waals surface area contributed by atoms with Crippen LogP contribution in [0.25, 0.3) is 5.57 Å². The minimum Gasteiger partial charge on any atom is -0.493 e. The molecule has 130 valence electrons. The van der Waals surface area contributed by atoms with Gasteiger partial charge in [-0.1, -0.05) is 42.9 Å². The van der Waals surface area contributed by atoms with Crippen LogP contribution in [0.3, 0.4) is 0 Å². The Balaban J connectivity index is 1.97. The molecule has 1 aromatic heterocycles. The van der Waals surface area contributed by atoms with E-state index >= 15 is 0 Å². The molecule has 1 aromatic carbocycles. The lowest BCUT2D eigenvalue weighted by Gasteiger charge is -2.05. The molecule has 1 amide bonds. The lowest BCUT2D eigenvalue weighted by molar-refractivity contribution is -0.144. The van der Waals surface area contributed by atoms with Crippen molar-refractivity contribution >= 4 is 28.8 Å². The molecule has 0 atom stereocenters. The van der Waals surface area contributed by atoms with E-state index in [0.717, 1.165) is 17.4 Å². The summed E-state index contributed by atoms with van der Waals surface area (Å²) < 4.78 is 5.92. The Labute approximate surface area is 146 Å². The van der Waals surface area contributed by atoms with Crippen molar-refractivity contribution in [3.63, 3.8) is 0 Å². The van der Waals surface area contributed by atoms with Gasteiger partial charge in [0.1, 0.15) is 11.4 Å². The Kier molecular flexibility index (Phi) is 4.80. The number of aromatic nitrogens is 1. The van der Waals surface area contributed by atoms with E-state index in [1.807, 2.05) is 6.92 Å². The molecule has 2 heterocycles. The molecule has 1 aliphatic rings. The molecule has 0 fully saturated rings. The van der Waals surface area contributed by atoms with Gasteiger partial charge in [0.15, 0.2) is 0 Å². The van der Waals surface area contributed by atoms with E-state index in [4.69, 9.17) is 4.74 Å². The smallest absolute Gasteiger partial charge is 0.326 e. The quantitative estimate of drug-likeness (QED) is 0.591. The zero-order valence-corrected chi connectivity index (χ0v) is 14.3. The molecule has 0 bridgehead atoms. The number of ether oxygens (including phenoxy) is 1. The average Bonchev–Trinajstić information content (AvgIpc) is 3.05. The van der Waals surface area contributed by atoms with Crippen molar-refractivity contribution in [1.82, 2.24) is 4.57 Å². The van der Waals surface area contributed by atoms with Crippen LogP contribution < -0.4 is 15.4 Å². The molecular weight excluding hydrogens is 344 g/mol. The summed E-state index contributed by atoms with van der Waals surface area (Å²) in [5, 5.41) is 11.4. The minimum atomic E-state index is -0.608. The summed E-state index contributed by atoms with van der Waals surface area (Å²) >= 11 is 0.708. The fourth-order valence-electron chi connectivity index (χ4n) is 2.49. The third-order valence-corrected chi connectivity index (χ3v) is 4.74. The molecule has 0 saturated carbocycles. The summed E-state index contributed by atoms with van der Waals surface area (Å²) in [7, 11) is 0. The van der Waals surface area contributed by atoms with Crippen LogP contribution in [-0.4, -0.2) is 28.2 Å². The van der Waals surface area contributed by atoms with E-state index < -0.39 is 29.2 Å². The number of thiazole rings is 1. The predicted octanol–water partition coefficient (Wildman–Crippen LogP) is 0.317. The number of carbonyl (C=O) groups is 2. The summed E-state index contributed by atoms with van der Waals surface area (Å²) in [4.78, 5) is 39.7. The van der Waals surface area contributed by atoms with Gasteiger partial charge in [-0.25, -0.2) is 4.99 Å². The highest BCUT2D eigenvalue weighted by atomic mass is 32.1. The van der Waals surface area contributed by atoms with E-state index in [0.29, 0.717) is 21.9 Å². The van der Waals surface area contributed by atoms with Crippen LogP contribution in [0.4, 0.5) is 0 Å². The molecule has 0 aliphatic carbocycles. The van der Waals surface area contributed by atoms with E-state index in [1.54, 1.807) is 24.3 Å². The zero-order chi connectivity index (χ0) is 18.0. The first-order valence-corrected chi connectivity index (χ1v) is 8.65. The van der Waals surface area contributed by atoms with Gasteiger partial charge in [0.25, 0.3) is 5.91 Å². The number of nitrogens with zero attached hydrogens (tertiary/aromatic N) is 2. The van der Waals surface area contributed by atoms with Gasteiger partial charge in [-0.2, -0.15) is 0 Å². The number of fused-ring (bicyclic) bond motifs is 1. The normalized spacial score (nSPS) is 12.8. The number of amides is 1. The number of benzene rings is 1. The lowest BCUT2D eigenvalue weighted by Crippen LogP contribution is -2.22. The van der Waals surface area contributed by atoms with Crippen molar-refractivity contribution in [2.75, 3.05) is 6.61 Å². The molecule has 7 nitrogen and oxygen atoms in total. The maximum absolute atomic E-state index is 12.2. The molecule has 3 rings (SSSR count). The minimum absolute atomic E-state index is 0.116. The molecule has 0 radical (unpaired) electrons. The van der Waals surface area contributed by atoms with E-state index in [-0.39, 0.29) is 17.1 Å². The predicted molar refractivity (Wildman–Crippen MR) is 90.9 cm³/mol. The van der Waals surface area contributed by atoms with Crippen LogP contribution in [0.2, 0.25) is 0 Å². The molecule has 0 saturated heterocycles. The number of esters is 1. The molecular formula is C17H16N2O5S. The number of hydrogen-bond donors (Lipinski definition) is 1. The van der Waals surface area contributed by atoms with Gasteiger partial charge >= 0.3 is 10.8 Å². The molecule has 25 heavy (non-hydrogen) atoms. The number of carbonyl (C=O) groups excluding carboxylic acids is 2. The maximum Gasteiger partial charge on any atom is 0.326 e. The van der Waals surface area contributed by atoms with Crippen molar-refractivity contribution in [3.05, 3.63) is 49.4 Å². The third kappa shape index (κ3) is 3.25. The van der Waals surface area contributed by atoms with Gasteiger partial charge in [0, 0.05) is 5.22 Å². The molecule has 1 N–H and O–H groups in total. The summed E-state index contributed by atoms with van der Waals surface area (Å²) in [6, 6.07) is 6.88. The van der Waals surface area contributed by atoms with Crippen molar-refractivity contribution in [2.24, 2.45) is 4.99 Å². The Morgan fingerprint density at radius 3 is 2.84 bits per heavy atom. The second-order valence-electron chi connectivity index (χ2n) is 5.49. The van der Waals surface area contributed by atoms with Crippen LogP contribution in [0, 0.1) is 0 Å². The maximum atomic E-state index is 12.2. The van der Waals surface area contributed by atoms with Crippen molar-refractivity contribution in [1.29, 1.82) is 0 Å². The summed E-state index contributed by atoms with van der Waals surface area (Å²) in [5.74, 6) is -1.55. The van der Waals surface area contributed by atoms with E-state index in [2.05, 4.69) is 4.99 Å². The van der Waals surface area contributed by atoms with Crippen molar-refractivity contribution < 1.29 is 19.4 Å². The Bertz CT molecular complexity index is 1020. The van der Waals surface area contributed by atoms with Gasteiger partial charge in [0.05, 0.1) is 17.5 Å². The number of unbranched alkanes of at least 4 members (excludes halogenated alkanes) is 1. The fraction of sp³-hybridized carbons (Fsp3) is 0.294. The molecule has 0 unspecified atom stereocenters. The van der Waals surface area contributed by atoms with Gasteiger partial charge in [-0.05, 0) is 12.5 Å². The highest BCUT2D eigenvalue weighted by molar-refractivity contribution is 7.11. The number of aromatic hydroxyl groups is 1. The van der Waals surface area contributed by atoms with Gasteiger partial charge < -0.3 is 9.84 Å². The average molecular weight is 360 g/mol. The standard InChI is InChI=1S/C17H16N2O5S/c1-2-3-8-24-12(20)9-19-16(22)14(25-17(19)23)13-10-6-4-5-7-11(10)18-15(13)21/h4-7,22H,2-3,8-9H2,1H3. The molecule has 0 spiro atoms. The first kappa shape index (κ1) is 17.1. The fourth-order valence-corrected chi connectivity index (χ4v) is 3.42. The second kappa shape index (κ2) is 7.02. The van der Waals surface area contributed by atoms with Gasteiger partial charge in [-0.15, -0.1) is 0 Å². The summed E-state index contributed by atoms with van der Waals surface area (Å²) in [6.07, 6.45) is 1.61. The molecule has 8 heteroatoms. The Morgan fingerprint density at radius 2 is 2.08 bits per heavy atom. The third-order valence-electron chi connectivity index (χ3n) is 3.75. The van der Waals surface area contributed by atoms with E-state index in [9.17, 15) is 19.5 Å². The Hall–Kier alpha value is -2.74. The summed E-state index contributed by atoms with van der Waals surface area (Å²) in [6.45, 7) is 1.84. The largest absolute Gasteiger partial charge is 0.493 e. The SMILES string of the molecule is CCCCOC(=O)Cn1c(O)c(C2=c3ccccc3=NC2=O)sc1=O. The highest BCUT2D eigenvalue weighted by Crippen LogP contribution is 2.28. The zero-order valence-electron chi connectivity index (χ0n) is 13.5. The van der Waals surface area contributed by atoms with Crippen molar-refractivity contribution in [3.8, 4) is 5.88 Å². The van der Waals surface area contributed by atoms with Crippen LogP contribution in [0.15, 0.2) is 34.1 Å². The number of hydrogen-bond acceptors (Lipinski definition) is 6. The van der Waals surface area contributed by atoms with Crippen molar-refractivity contribution in [2.45, 2.75) is 26.3 Å². The second-order valence-corrected chi connectivity index (χ2v) is 6.45. The Morgan fingerprint density at radius 1 is 1.32 bits per heavy atom. The van der Waals surface area contributed by atoms with Gasteiger partial charge in [0.2, 0.25) is 5.88 Å². The van der Waals surface area contributed by atoms with Crippen LogP contribution in [-0.2, 0) is 20.9 Å². The monoisotopic (exact) mass is 360 g/mol. The first-order valence-electron chi connectivity index (χ1n) is 7.84. The number of rotatable bonds is 6. The van der Waals surface area contributed by atoms with Crippen LogP contribution in [0.5, 0.6) is 5.88 Å². The topological polar surface area (TPSA) is 98.0 Å². The lowest BCUT2D eigenvalue weighted by atomic mass is 10.1. The highest BCUT2D eigenvalue weighted by Gasteiger charge is 2.26. The molecule has 2 aromatic rings. The first-order chi connectivity index (χ1) is 12.0. The van der Waals surface area contributed by atoms with Crippen LogP contribution in [0.1, 0.15) is 24.6 Å². The van der Waals surface area contributed by atoms with Crippen LogP contribution >= 0.6 is 11.3 Å².